The molecule has 0 aliphatic carbocycles. The van der Waals surface area contributed by atoms with Gasteiger partial charge >= 0.3 is 0 Å². The standard InChI is InChI=1S/C27H32N2O5/c1-17(2)13-19(14-24(33)29-11-9-28(3)10-12-29)25-20(30)15-21(31)26-22(32)16-23(34-27(25)26)18-7-5-4-6-8-18/h4-8,15-17,19,30-31H,9-14H2,1-3H3. The van der Waals surface area contributed by atoms with Gasteiger partial charge in [0.2, 0.25) is 5.91 Å². The summed E-state index contributed by atoms with van der Waals surface area (Å²) in [6.07, 6.45) is 0.806. The van der Waals surface area contributed by atoms with E-state index in [4.69, 9.17) is 4.42 Å². The number of carbonyl (C=O) groups excluding carboxylic acids is 1. The van der Waals surface area contributed by atoms with Crippen molar-refractivity contribution in [2.24, 2.45) is 5.92 Å². The number of phenols is 2. The first-order chi connectivity index (χ1) is 16.2. The maximum absolute atomic E-state index is 13.2. The van der Waals surface area contributed by atoms with Crippen molar-refractivity contribution in [3.05, 3.63) is 58.3 Å². The van der Waals surface area contributed by atoms with E-state index >= 15 is 0 Å². The van der Waals surface area contributed by atoms with E-state index in [1.54, 1.807) is 0 Å². The van der Waals surface area contributed by atoms with E-state index in [2.05, 4.69) is 18.7 Å². The molecular formula is C27H32N2O5. The highest BCUT2D eigenvalue weighted by Gasteiger charge is 2.29. The van der Waals surface area contributed by atoms with Crippen LogP contribution in [0.5, 0.6) is 11.5 Å². The second-order valence-corrected chi connectivity index (χ2v) is 9.59. The molecule has 3 aromatic rings. The third-order valence-corrected chi connectivity index (χ3v) is 6.50. The number of carbonyl (C=O) groups is 1. The molecule has 7 nitrogen and oxygen atoms in total. The smallest absolute Gasteiger partial charge is 0.223 e. The number of aromatic hydroxyl groups is 2. The molecule has 2 aromatic carbocycles. The normalized spacial score (nSPS) is 15.7. The SMILES string of the molecule is CC(C)CC(CC(=O)N1CCN(C)CC1)c1c(O)cc(O)c2c(=O)cc(-c3ccccc3)oc12. The van der Waals surface area contributed by atoms with Crippen LogP contribution in [0.4, 0.5) is 0 Å². The highest BCUT2D eigenvalue weighted by Crippen LogP contribution is 2.42. The average Bonchev–Trinajstić information content (AvgIpc) is 2.79. The number of piperazine rings is 1. The van der Waals surface area contributed by atoms with Gasteiger partial charge in [-0.2, -0.15) is 0 Å². The Hall–Kier alpha value is -3.32. The van der Waals surface area contributed by atoms with Crippen LogP contribution in [0.25, 0.3) is 22.3 Å². The van der Waals surface area contributed by atoms with Gasteiger partial charge in [0, 0.05) is 61.8 Å². The van der Waals surface area contributed by atoms with Crippen molar-refractivity contribution in [1.82, 2.24) is 9.80 Å². The third kappa shape index (κ3) is 4.94. The summed E-state index contributed by atoms with van der Waals surface area (Å²) in [5, 5.41) is 21.4. The Morgan fingerprint density at radius 3 is 2.35 bits per heavy atom. The zero-order valence-corrected chi connectivity index (χ0v) is 20.0. The van der Waals surface area contributed by atoms with Gasteiger partial charge < -0.3 is 24.4 Å². The highest BCUT2D eigenvalue weighted by atomic mass is 16.3. The van der Waals surface area contributed by atoms with Crippen molar-refractivity contribution in [2.45, 2.75) is 32.6 Å². The second kappa shape index (κ2) is 9.89. The molecule has 1 aliphatic heterocycles. The first-order valence-electron chi connectivity index (χ1n) is 11.8. The molecular weight excluding hydrogens is 432 g/mol. The van der Waals surface area contributed by atoms with E-state index in [1.807, 2.05) is 42.3 Å². The van der Waals surface area contributed by atoms with E-state index in [1.165, 1.54) is 12.1 Å². The van der Waals surface area contributed by atoms with E-state index in [9.17, 15) is 19.8 Å². The number of fused-ring (bicyclic) bond motifs is 1. The van der Waals surface area contributed by atoms with Crippen LogP contribution in [-0.2, 0) is 4.79 Å². The highest BCUT2D eigenvalue weighted by molar-refractivity contribution is 5.90. The minimum atomic E-state index is -0.396. The fourth-order valence-electron chi connectivity index (χ4n) is 4.73. The number of rotatable bonds is 6. The predicted molar refractivity (Wildman–Crippen MR) is 132 cm³/mol. The summed E-state index contributed by atoms with van der Waals surface area (Å²) >= 11 is 0. The lowest BCUT2D eigenvalue weighted by Crippen LogP contribution is -2.47. The minimum Gasteiger partial charge on any atom is -0.507 e. The maximum atomic E-state index is 13.2. The van der Waals surface area contributed by atoms with Crippen LogP contribution in [0.15, 0.2) is 51.7 Å². The fourth-order valence-corrected chi connectivity index (χ4v) is 4.73. The zero-order valence-electron chi connectivity index (χ0n) is 20.0. The number of nitrogens with zero attached hydrogens (tertiary/aromatic N) is 2. The summed E-state index contributed by atoms with van der Waals surface area (Å²) in [5.74, 6) is -0.283. The summed E-state index contributed by atoms with van der Waals surface area (Å²) in [7, 11) is 2.04. The van der Waals surface area contributed by atoms with E-state index in [0.29, 0.717) is 36.4 Å². The molecule has 0 spiro atoms. The minimum absolute atomic E-state index is 0.0148. The molecule has 0 radical (unpaired) electrons. The largest absolute Gasteiger partial charge is 0.507 e. The van der Waals surface area contributed by atoms with Gasteiger partial charge in [-0.05, 0) is 19.4 Å². The van der Waals surface area contributed by atoms with Gasteiger partial charge in [-0.15, -0.1) is 0 Å². The Morgan fingerprint density at radius 1 is 1.03 bits per heavy atom. The van der Waals surface area contributed by atoms with E-state index in [0.717, 1.165) is 13.1 Å². The predicted octanol–water partition coefficient (Wildman–Crippen LogP) is 4.17. The molecule has 0 saturated carbocycles. The van der Waals surface area contributed by atoms with Crippen molar-refractivity contribution in [1.29, 1.82) is 0 Å². The van der Waals surface area contributed by atoms with Crippen molar-refractivity contribution >= 4 is 16.9 Å². The third-order valence-electron chi connectivity index (χ3n) is 6.50. The van der Waals surface area contributed by atoms with Gasteiger partial charge in [-0.1, -0.05) is 44.2 Å². The number of hydrogen-bond acceptors (Lipinski definition) is 6. The van der Waals surface area contributed by atoms with Gasteiger partial charge in [0.05, 0.1) is 0 Å². The molecule has 1 amide bonds. The molecule has 34 heavy (non-hydrogen) atoms. The van der Waals surface area contributed by atoms with Crippen molar-refractivity contribution in [2.75, 3.05) is 33.2 Å². The van der Waals surface area contributed by atoms with Gasteiger partial charge in [-0.3, -0.25) is 9.59 Å². The molecule has 4 rings (SSSR count). The summed E-state index contributed by atoms with van der Waals surface area (Å²) in [5.41, 5.74) is 0.858. The Labute approximate surface area is 199 Å². The summed E-state index contributed by atoms with van der Waals surface area (Å²) < 4.78 is 6.17. The molecule has 1 unspecified atom stereocenters. The number of hydrogen-bond donors (Lipinski definition) is 2. The van der Waals surface area contributed by atoms with Crippen molar-refractivity contribution in [3.8, 4) is 22.8 Å². The zero-order chi connectivity index (χ0) is 24.4. The maximum Gasteiger partial charge on any atom is 0.223 e. The summed E-state index contributed by atoms with van der Waals surface area (Å²) in [4.78, 5) is 30.3. The molecule has 1 atom stereocenters. The number of phenolic OH excluding ortho intramolecular Hbond substituents is 2. The van der Waals surface area contributed by atoms with Gasteiger partial charge in [0.15, 0.2) is 5.43 Å². The van der Waals surface area contributed by atoms with Crippen LogP contribution >= 0.6 is 0 Å². The first kappa shape index (κ1) is 23.8. The van der Waals surface area contributed by atoms with Crippen molar-refractivity contribution < 1.29 is 19.4 Å². The second-order valence-electron chi connectivity index (χ2n) is 9.59. The van der Waals surface area contributed by atoms with Crippen LogP contribution in [0.1, 0.15) is 38.2 Å². The Balaban J connectivity index is 1.82. The number of likely N-dealkylation sites (N-methyl/N-ethyl adjacent to an activating group) is 1. The molecule has 2 N–H and O–H groups in total. The van der Waals surface area contributed by atoms with Crippen LogP contribution in [0.3, 0.4) is 0 Å². The molecule has 180 valence electrons. The van der Waals surface area contributed by atoms with Crippen LogP contribution in [-0.4, -0.2) is 59.1 Å². The lowest BCUT2D eigenvalue weighted by molar-refractivity contribution is -0.133. The Morgan fingerprint density at radius 2 is 1.71 bits per heavy atom. The molecule has 0 bridgehead atoms. The molecule has 1 aliphatic rings. The molecule has 1 saturated heterocycles. The van der Waals surface area contributed by atoms with Gasteiger partial charge in [0.25, 0.3) is 0 Å². The molecule has 7 heteroatoms. The van der Waals surface area contributed by atoms with Crippen LogP contribution in [0.2, 0.25) is 0 Å². The monoisotopic (exact) mass is 464 g/mol. The fraction of sp³-hybridized carbons (Fsp3) is 0.407. The van der Waals surface area contributed by atoms with Crippen molar-refractivity contribution in [3.63, 3.8) is 0 Å². The first-order valence-corrected chi connectivity index (χ1v) is 11.8. The molecule has 1 aromatic heterocycles. The number of benzene rings is 2. The Bertz CT molecular complexity index is 1230. The number of amides is 1. The van der Waals surface area contributed by atoms with Crippen LogP contribution < -0.4 is 5.43 Å². The quantitative estimate of drug-likeness (QED) is 0.569. The summed E-state index contributed by atoms with van der Waals surface area (Å²) in [6.45, 7) is 7.09. The van der Waals surface area contributed by atoms with E-state index < -0.39 is 5.43 Å². The van der Waals surface area contributed by atoms with Gasteiger partial charge in [0.1, 0.15) is 28.2 Å². The lowest BCUT2D eigenvalue weighted by Gasteiger charge is -2.33. The summed E-state index contributed by atoms with van der Waals surface area (Å²) in [6, 6.07) is 11.8. The molecule has 2 heterocycles. The van der Waals surface area contributed by atoms with E-state index in [-0.39, 0.29) is 46.6 Å². The van der Waals surface area contributed by atoms with Crippen LogP contribution in [0, 0.1) is 5.92 Å². The molecule has 1 fully saturated rings. The lowest BCUT2D eigenvalue weighted by atomic mass is 9.85. The average molecular weight is 465 g/mol. The van der Waals surface area contributed by atoms with Gasteiger partial charge in [-0.25, -0.2) is 0 Å². The topological polar surface area (TPSA) is 94.2 Å². The Kier molecular flexibility index (Phi) is 6.93.